The fraction of sp³-hybridized carbons (Fsp3) is 0.800. The molecule has 0 spiro atoms. The van der Waals surface area contributed by atoms with Crippen LogP contribution < -0.4 is 10.6 Å². The molecule has 0 fully saturated rings. The summed E-state index contributed by atoms with van der Waals surface area (Å²) in [6.07, 6.45) is 0. The quantitative estimate of drug-likeness (QED) is 0.461. The van der Waals surface area contributed by atoms with E-state index in [2.05, 4.69) is 15.4 Å². The van der Waals surface area contributed by atoms with Crippen LogP contribution in [0, 0.1) is 0 Å². The summed E-state index contributed by atoms with van der Waals surface area (Å²) in [5, 5.41) is 5.17. The minimum atomic E-state index is -0.220. The van der Waals surface area contributed by atoms with Crippen LogP contribution in [0.25, 0.3) is 0 Å². The van der Waals surface area contributed by atoms with Crippen LogP contribution in [0.1, 0.15) is 0 Å². The first-order chi connectivity index (χ1) is 8.20. The average molecular weight is 248 g/mol. The molecule has 0 rings (SSSR count). The normalized spacial score (nSPS) is 10.0. The molecule has 0 aromatic carbocycles. The van der Waals surface area contributed by atoms with Gasteiger partial charge in [-0.3, -0.25) is 9.59 Å². The summed E-state index contributed by atoms with van der Waals surface area (Å²) in [6, 6.07) is 0. The third kappa shape index (κ3) is 11.1. The van der Waals surface area contributed by atoms with Crippen molar-refractivity contribution in [2.24, 2.45) is 0 Å². The van der Waals surface area contributed by atoms with Crippen molar-refractivity contribution >= 4 is 11.8 Å². The molecule has 0 aromatic rings. The molecule has 0 aliphatic rings. The summed E-state index contributed by atoms with van der Waals surface area (Å²) < 4.78 is 14.4. The topological polar surface area (TPSA) is 85.9 Å². The van der Waals surface area contributed by atoms with E-state index < -0.39 is 0 Å². The Kier molecular flexibility index (Phi) is 10.5. The molecule has 17 heavy (non-hydrogen) atoms. The average Bonchev–Trinajstić information content (AvgIpc) is 2.31. The molecule has 0 saturated heterocycles. The second-order valence-corrected chi connectivity index (χ2v) is 3.18. The lowest BCUT2D eigenvalue weighted by Crippen LogP contribution is -2.37. The molecule has 7 heteroatoms. The van der Waals surface area contributed by atoms with Gasteiger partial charge < -0.3 is 24.8 Å². The van der Waals surface area contributed by atoms with Crippen LogP contribution in [0.5, 0.6) is 0 Å². The van der Waals surface area contributed by atoms with Crippen LogP contribution in [0.15, 0.2) is 0 Å². The molecule has 0 unspecified atom stereocenters. The molecular weight excluding hydrogens is 228 g/mol. The standard InChI is InChI=1S/C10H20N2O5/c1-15-5-6-17-8-10(14)12-4-3-11-9(13)7-16-2/h3-8H2,1-2H3,(H,11,13)(H,12,14). The van der Waals surface area contributed by atoms with Crippen molar-refractivity contribution in [2.45, 2.75) is 0 Å². The van der Waals surface area contributed by atoms with Crippen LogP contribution in [0.2, 0.25) is 0 Å². The van der Waals surface area contributed by atoms with E-state index in [9.17, 15) is 9.59 Å². The van der Waals surface area contributed by atoms with Crippen molar-refractivity contribution in [1.29, 1.82) is 0 Å². The fourth-order valence-corrected chi connectivity index (χ4v) is 0.944. The van der Waals surface area contributed by atoms with Crippen LogP contribution in [-0.4, -0.2) is 65.6 Å². The molecule has 0 heterocycles. The van der Waals surface area contributed by atoms with Gasteiger partial charge in [-0.2, -0.15) is 0 Å². The number of carbonyl (C=O) groups excluding carboxylic acids is 2. The lowest BCUT2D eigenvalue weighted by Gasteiger charge is -2.07. The van der Waals surface area contributed by atoms with E-state index in [1.165, 1.54) is 7.11 Å². The number of methoxy groups -OCH3 is 2. The Morgan fingerprint density at radius 2 is 1.47 bits per heavy atom. The Hall–Kier alpha value is -1.18. The van der Waals surface area contributed by atoms with Gasteiger partial charge in [-0.1, -0.05) is 0 Å². The smallest absolute Gasteiger partial charge is 0.246 e. The van der Waals surface area contributed by atoms with E-state index in [1.54, 1.807) is 7.11 Å². The first kappa shape index (κ1) is 15.8. The zero-order valence-electron chi connectivity index (χ0n) is 10.3. The Balaban J connectivity index is 3.30. The monoisotopic (exact) mass is 248 g/mol. The number of nitrogens with one attached hydrogen (secondary N) is 2. The molecule has 0 aliphatic carbocycles. The highest BCUT2D eigenvalue weighted by Gasteiger charge is 2.01. The van der Waals surface area contributed by atoms with E-state index in [4.69, 9.17) is 9.47 Å². The molecule has 0 aliphatic heterocycles. The fourth-order valence-electron chi connectivity index (χ4n) is 0.944. The van der Waals surface area contributed by atoms with Gasteiger partial charge in [0.1, 0.15) is 13.2 Å². The maximum atomic E-state index is 11.2. The maximum absolute atomic E-state index is 11.2. The number of amides is 2. The highest BCUT2D eigenvalue weighted by molar-refractivity contribution is 5.78. The van der Waals surface area contributed by atoms with Gasteiger partial charge in [0.2, 0.25) is 11.8 Å². The molecule has 0 bridgehead atoms. The summed E-state index contributed by atoms with van der Waals surface area (Å²) in [5.74, 6) is -0.430. The predicted molar refractivity (Wildman–Crippen MR) is 60.6 cm³/mol. The molecular formula is C10H20N2O5. The van der Waals surface area contributed by atoms with Crippen LogP contribution >= 0.6 is 0 Å². The number of hydrogen-bond acceptors (Lipinski definition) is 5. The summed E-state index contributed by atoms with van der Waals surface area (Å²) in [6.45, 7) is 1.59. The molecule has 100 valence electrons. The van der Waals surface area contributed by atoms with Gasteiger partial charge in [-0.05, 0) is 0 Å². The Bertz CT molecular complexity index is 223. The van der Waals surface area contributed by atoms with E-state index >= 15 is 0 Å². The van der Waals surface area contributed by atoms with Gasteiger partial charge in [0.25, 0.3) is 0 Å². The second-order valence-electron chi connectivity index (χ2n) is 3.18. The van der Waals surface area contributed by atoms with Gasteiger partial charge in [-0.15, -0.1) is 0 Å². The third-order valence-electron chi connectivity index (χ3n) is 1.71. The molecule has 7 nitrogen and oxygen atoms in total. The number of ether oxygens (including phenoxy) is 3. The summed E-state index contributed by atoms with van der Waals surface area (Å²) >= 11 is 0. The first-order valence-corrected chi connectivity index (χ1v) is 5.29. The van der Waals surface area contributed by atoms with Gasteiger partial charge >= 0.3 is 0 Å². The Morgan fingerprint density at radius 1 is 0.882 bits per heavy atom. The largest absolute Gasteiger partial charge is 0.382 e. The highest BCUT2D eigenvalue weighted by Crippen LogP contribution is 1.76. The zero-order chi connectivity index (χ0) is 12.9. The van der Waals surface area contributed by atoms with Crippen LogP contribution in [-0.2, 0) is 23.8 Å². The lowest BCUT2D eigenvalue weighted by molar-refractivity contribution is -0.127. The SMILES string of the molecule is COCCOCC(=O)NCCNC(=O)COC. The summed E-state index contributed by atoms with van der Waals surface area (Å²) in [5.41, 5.74) is 0. The predicted octanol–water partition coefficient (Wildman–Crippen LogP) is -1.47. The Labute approximate surface area is 101 Å². The van der Waals surface area contributed by atoms with Crippen molar-refractivity contribution in [3.05, 3.63) is 0 Å². The minimum Gasteiger partial charge on any atom is -0.382 e. The molecule has 0 saturated carbocycles. The lowest BCUT2D eigenvalue weighted by atomic mass is 10.5. The third-order valence-corrected chi connectivity index (χ3v) is 1.71. The van der Waals surface area contributed by atoms with E-state index in [1.807, 2.05) is 0 Å². The number of rotatable bonds is 10. The van der Waals surface area contributed by atoms with E-state index in [0.717, 1.165) is 0 Å². The molecule has 0 atom stereocenters. The summed E-state index contributed by atoms with van der Waals surface area (Å²) in [4.78, 5) is 22.1. The maximum Gasteiger partial charge on any atom is 0.246 e. The number of hydrogen-bond donors (Lipinski definition) is 2. The van der Waals surface area contributed by atoms with Crippen molar-refractivity contribution in [1.82, 2.24) is 10.6 Å². The van der Waals surface area contributed by atoms with Gasteiger partial charge in [0.05, 0.1) is 13.2 Å². The molecule has 2 amide bonds. The minimum absolute atomic E-state index is 0.00459. The van der Waals surface area contributed by atoms with Gasteiger partial charge in [-0.25, -0.2) is 0 Å². The number of carbonyl (C=O) groups is 2. The van der Waals surface area contributed by atoms with E-state index in [-0.39, 0.29) is 25.0 Å². The highest BCUT2D eigenvalue weighted by atomic mass is 16.5. The van der Waals surface area contributed by atoms with Gasteiger partial charge in [0, 0.05) is 27.3 Å². The molecule has 2 N–H and O–H groups in total. The van der Waals surface area contributed by atoms with Crippen molar-refractivity contribution < 1.29 is 23.8 Å². The van der Waals surface area contributed by atoms with Crippen molar-refractivity contribution in [2.75, 3.05) is 53.7 Å². The molecule has 0 aromatic heterocycles. The van der Waals surface area contributed by atoms with Gasteiger partial charge in [0.15, 0.2) is 0 Å². The first-order valence-electron chi connectivity index (χ1n) is 5.29. The molecule has 0 radical (unpaired) electrons. The van der Waals surface area contributed by atoms with Crippen LogP contribution in [0.3, 0.4) is 0 Å². The second kappa shape index (κ2) is 11.3. The van der Waals surface area contributed by atoms with Crippen LogP contribution in [0.4, 0.5) is 0 Å². The van der Waals surface area contributed by atoms with E-state index in [0.29, 0.717) is 26.3 Å². The van der Waals surface area contributed by atoms with Crippen molar-refractivity contribution in [3.8, 4) is 0 Å². The Morgan fingerprint density at radius 3 is 2.00 bits per heavy atom. The zero-order valence-corrected chi connectivity index (χ0v) is 10.3. The van der Waals surface area contributed by atoms with Crippen molar-refractivity contribution in [3.63, 3.8) is 0 Å². The summed E-state index contributed by atoms with van der Waals surface area (Å²) in [7, 11) is 3.00.